The van der Waals surface area contributed by atoms with E-state index < -0.39 is 0 Å². The lowest BCUT2D eigenvalue weighted by Gasteiger charge is -2.33. The van der Waals surface area contributed by atoms with E-state index in [1.54, 1.807) is 6.07 Å². The van der Waals surface area contributed by atoms with Crippen molar-refractivity contribution in [3.05, 3.63) is 64.3 Å². The average molecular weight is 467 g/mol. The molecule has 1 aliphatic rings. The highest BCUT2D eigenvalue weighted by atomic mass is 79.9. The van der Waals surface area contributed by atoms with Crippen LogP contribution in [0.4, 0.5) is 0 Å². The van der Waals surface area contributed by atoms with Crippen LogP contribution >= 0.6 is 32.9 Å². The maximum atomic E-state index is 9.74. The zero-order valence-electron chi connectivity index (χ0n) is 13.8. The smallest absolute Gasteiger partial charge is 0.174 e. The van der Waals surface area contributed by atoms with Crippen molar-refractivity contribution in [3.8, 4) is 5.75 Å². The largest absolute Gasteiger partial charge is 0.508 e. The average Bonchev–Trinajstić information content (AvgIpc) is 2.91. The quantitative estimate of drug-likeness (QED) is 0.525. The van der Waals surface area contributed by atoms with E-state index in [1.165, 1.54) is 29.4 Å². The van der Waals surface area contributed by atoms with Crippen LogP contribution in [0, 0.1) is 0 Å². The summed E-state index contributed by atoms with van der Waals surface area (Å²) in [6.45, 7) is 2.99. The molecule has 25 heavy (non-hydrogen) atoms. The highest BCUT2D eigenvalue weighted by Gasteiger charge is 2.23. The van der Waals surface area contributed by atoms with Crippen LogP contribution in [0.3, 0.4) is 0 Å². The minimum absolute atomic E-state index is 0. The van der Waals surface area contributed by atoms with Gasteiger partial charge in [-0.05, 0) is 65.0 Å². The standard InChI is InChI=1S/C20H20BrNO2.BrH/c21-20-18(17-8-1-2-9-19(17)24-20)13-22-10-4-6-15(12-22)14-5-3-7-16(23)11-14;/h1-3,5,7-9,11,15,23H,4,6,10,12-13H2;1H. The molecule has 0 bridgehead atoms. The summed E-state index contributed by atoms with van der Waals surface area (Å²) in [7, 11) is 0. The van der Waals surface area contributed by atoms with Gasteiger partial charge in [-0.1, -0.05) is 30.3 Å². The van der Waals surface area contributed by atoms with Crippen LogP contribution in [0.15, 0.2) is 57.6 Å². The van der Waals surface area contributed by atoms with Crippen molar-refractivity contribution >= 4 is 43.9 Å². The summed E-state index contributed by atoms with van der Waals surface area (Å²) < 4.78 is 6.66. The Bertz CT molecular complexity index is 862. The van der Waals surface area contributed by atoms with E-state index in [2.05, 4.69) is 39.0 Å². The second-order valence-corrected chi connectivity index (χ2v) is 7.24. The second-order valence-electron chi connectivity index (χ2n) is 6.52. The molecule has 1 N–H and O–H groups in total. The summed E-state index contributed by atoms with van der Waals surface area (Å²) in [5.74, 6) is 0.830. The Kier molecular flexibility index (Phi) is 5.87. The molecule has 0 spiro atoms. The number of hydrogen-bond acceptors (Lipinski definition) is 3. The molecule has 2 heterocycles. The molecule has 132 valence electrons. The molecule has 1 aliphatic heterocycles. The molecule has 1 fully saturated rings. The van der Waals surface area contributed by atoms with Gasteiger partial charge >= 0.3 is 0 Å². The van der Waals surface area contributed by atoms with Crippen LogP contribution in [0.25, 0.3) is 11.0 Å². The zero-order chi connectivity index (χ0) is 16.5. The Morgan fingerprint density at radius 2 is 2.00 bits per heavy atom. The van der Waals surface area contributed by atoms with Crippen LogP contribution in [-0.4, -0.2) is 23.1 Å². The van der Waals surface area contributed by atoms with Gasteiger partial charge in [0.1, 0.15) is 11.3 Å². The molecule has 0 saturated carbocycles. The number of furan rings is 1. The van der Waals surface area contributed by atoms with Gasteiger partial charge in [0, 0.05) is 24.0 Å². The molecule has 0 radical (unpaired) electrons. The van der Waals surface area contributed by atoms with Gasteiger partial charge < -0.3 is 9.52 Å². The molecular weight excluding hydrogens is 446 g/mol. The number of fused-ring (bicyclic) bond motifs is 1. The van der Waals surface area contributed by atoms with Gasteiger partial charge in [-0.25, -0.2) is 0 Å². The lowest BCUT2D eigenvalue weighted by Crippen LogP contribution is -2.33. The van der Waals surface area contributed by atoms with Crippen LogP contribution in [0.1, 0.15) is 29.9 Å². The van der Waals surface area contributed by atoms with Gasteiger partial charge in [0.15, 0.2) is 4.67 Å². The van der Waals surface area contributed by atoms with E-state index >= 15 is 0 Å². The summed E-state index contributed by atoms with van der Waals surface area (Å²) in [6, 6.07) is 15.9. The highest BCUT2D eigenvalue weighted by Crippen LogP contribution is 2.34. The van der Waals surface area contributed by atoms with E-state index in [0.717, 1.165) is 29.9 Å². The van der Waals surface area contributed by atoms with E-state index in [4.69, 9.17) is 4.42 Å². The van der Waals surface area contributed by atoms with Crippen LogP contribution in [0.2, 0.25) is 0 Å². The van der Waals surface area contributed by atoms with E-state index in [1.807, 2.05) is 24.3 Å². The first kappa shape index (κ1) is 18.5. The SMILES string of the molecule is Br.Oc1cccc(C2CCCN(Cc3c(Br)oc4ccccc34)C2)c1. The van der Waals surface area contributed by atoms with Crippen molar-refractivity contribution in [2.24, 2.45) is 0 Å². The number of nitrogens with zero attached hydrogens (tertiary/aromatic N) is 1. The van der Waals surface area contributed by atoms with Crippen molar-refractivity contribution in [1.29, 1.82) is 0 Å². The predicted molar refractivity (Wildman–Crippen MR) is 110 cm³/mol. The van der Waals surface area contributed by atoms with Crippen molar-refractivity contribution < 1.29 is 9.52 Å². The Hall–Kier alpha value is -1.30. The number of halogens is 2. The molecule has 4 rings (SSSR count). The zero-order valence-corrected chi connectivity index (χ0v) is 17.1. The highest BCUT2D eigenvalue weighted by molar-refractivity contribution is 9.10. The van der Waals surface area contributed by atoms with E-state index in [9.17, 15) is 5.11 Å². The Labute approximate surface area is 166 Å². The van der Waals surface area contributed by atoms with Gasteiger partial charge in [0.25, 0.3) is 0 Å². The Morgan fingerprint density at radius 3 is 2.84 bits per heavy atom. The first-order valence-corrected chi connectivity index (χ1v) is 9.17. The molecule has 3 aromatic rings. The summed E-state index contributed by atoms with van der Waals surface area (Å²) in [5, 5.41) is 10.9. The summed E-state index contributed by atoms with van der Waals surface area (Å²) in [4.78, 5) is 2.49. The third kappa shape index (κ3) is 3.94. The van der Waals surface area contributed by atoms with E-state index in [0.29, 0.717) is 11.7 Å². The molecule has 1 saturated heterocycles. The fourth-order valence-corrected chi connectivity index (χ4v) is 4.20. The molecule has 5 heteroatoms. The Morgan fingerprint density at radius 1 is 1.16 bits per heavy atom. The van der Waals surface area contributed by atoms with Gasteiger partial charge in [-0.3, -0.25) is 4.90 Å². The molecular formula is C20H21Br2NO2. The van der Waals surface area contributed by atoms with Crippen LogP contribution in [-0.2, 0) is 6.54 Å². The lowest BCUT2D eigenvalue weighted by molar-refractivity contribution is 0.199. The predicted octanol–water partition coefficient (Wildman–Crippen LogP) is 5.86. The molecule has 3 nitrogen and oxygen atoms in total. The minimum atomic E-state index is 0. The normalized spacial score (nSPS) is 18.2. The van der Waals surface area contributed by atoms with E-state index in [-0.39, 0.29) is 17.0 Å². The molecule has 1 aromatic heterocycles. The van der Waals surface area contributed by atoms with Gasteiger partial charge in [0.2, 0.25) is 0 Å². The number of aromatic hydroxyl groups is 1. The summed E-state index contributed by atoms with van der Waals surface area (Å²) in [6.07, 6.45) is 2.35. The number of likely N-dealkylation sites (tertiary alicyclic amines) is 1. The van der Waals surface area contributed by atoms with Crippen LogP contribution in [0.5, 0.6) is 5.75 Å². The number of phenols is 1. The molecule has 1 atom stereocenters. The fourth-order valence-electron chi connectivity index (χ4n) is 3.69. The monoisotopic (exact) mass is 465 g/mol. The summed E-state index contributed by atoms with van der Waals surface area (Å²) >= 11 is 3.58. The first-order valence-electron chi connectivity index (χ1n) is 8.38. The van der Waals surface area contributed by atoms with Gasteiger partial charge in [-0.2, -0.15) is 0 Å². The number of piperidine rings is 1. The van der Waals surface area contributed by atoms with Gasteiger partial charge in [0.05, 0.1) is 0 Å². The van der Waals surface area contributed by atoms with Crippen molar-refractivity contribution in [1.82, 2.24) is 4.90 Å². The molecule has 1 unspecified atom stereocenters. The number of benzene rings is 2. The third-order valence-corrected chi connectivity index (χ3v) is 5.52. The first-order chi connectivity index (χ1) is 11.7. The number of rotatable bonds is 3. The second kappa shape index (κ2) is 7.94. The summed E-state index contributed by atoms with van der Waals surface area (Å²) in [5.41, 5.74) is 3.39. The van der Waals surface area contributed by atoms with Crippen molar-refractivity contribution in [2.75, 3.05) is 13.1 Å². The maximum absolute atomic E-state index is 9.74. The molecule has 0 amide bonds. The lowest BCUT2D eigenvalue weighted by atomic mass is 9.90. The van der Waals surface area contributed by atoms with Crippen molar-refractivity contribution in [2.45, 2.75) is 25.3 Å². The Balaban J connectivity index is 0.00000182. The molecule has 0 aliphatic carbocycles. The van der Waals surface area contributed by atoms with Crippen molar-refractivity contribution in [3.63, 3.8) is 0 Å². The third-order valence-electron chi connectivity index (χ3n) is 4.88. The number of phenolic OH excluding ortho intramolecular Hbond substituents is 1. The maximum Gasteiger partial charge on any atom is 0.174 e. The van der Waals surface area contributed by atoms with Crippen LogP contribution < -0.4 is 0 Å². The topological polar surface area (TPSA) is 36.6 Å². The minimum Gasteiger partial charge on any atom is -0.508 e. The fraction of sp³-hybridized carbons (Fsp3) is 0.300. The van der Waals surface area contributed by atoms with Gasteiger partial charge in [-0.15, -0.1) is 17.0 Å². The molecule has 2 aromatic carbocycles. The number of hydrogen-bond donors (Lipinski definition) is 1. The number of para-hydroxylation sites is 1.